The van der Waals surface area contributed by atoms with Crippen LogP contribution in [0.25, 0.3) is 0 Å². The summed E-state index contributed by atoms with van der Waals surface area (Å²) in [4.78, 5) is 0. The van der Waals surface area contributed by atoms with Crippen molar-refractivity contribution >= 4 is 5.69 Å². The van der Waals surface area contributed by atoms with Crippen LogP contribution in [0.5, 0.6) is 5.75 Å². The number of ether oxygens (including phenoxy) is 1. The molecule has 2 nitrogen and oxygen atoms in total. The Hall–Kier alpha value is -2.10. The Kier molecular flexibility index (Phi) is 3.77. The molecule has 0 fully saturated rings. The van der Waals surface area contributed by atoms with Gasteiger partial charge in [0.15, 0.2) is 11.6 Å². The fourth-order valence-electron chi connectivity index (χ4n) is 1.58. The zero-order valence-electron chi connectivity index (χ0n) is 9.70. The molecule has 0 radical (unpaired) electrons. The molecular formula is C14H13F2NO. The lowest BCUT2D eigenvalue weighted by atomic mass is 10.2. The number of nitrogen functional groups attached to an aromatic ring is 1. The van der Waals surface area contributed by atoms with E-state index in [0.29, 0.717) is 6.42 Å². The van der Waals surface area contributed by atoms with Crippen LogP contribution in [0.2, 0.25) is 0 Å². The predicted octanol–water partition coefficient (Wildman–Crippen LogP) is 3.17. The highest BCUT2D eigenvalue weighted by molar-refractivity contribution is 5.44. The summed E-state index contributed by atoms with van der Waals surface area (Å²) in [5.41, 5.74) is 6.10. The van der Waals surface area contributed by atoms with Crippen LogP contribution >= 0.6 is 0 Å². The second kappa shape index (κ2) is 5.49. The molecule has 0 aliphatic heterocycles. The van der Waals surface area contributed by atoms with Crippen LogP contribution in [-0.2, 0) is 6.42 Å². The first-order valence-corrected chi connectivity index (χ1v) is 5.58. The fourth-order valence-corrected chi connectivity index (χ4v) is 1.58. The van der Waals surface area contributed by atoms with Gasteiger partial charge in [0.2, 0.25) is 0 Å². The summed E-state index contributed by atoms with van der Waals surface area (Å²) < 4.78 is 31.7. The molecule has 0 spiro atoms. The van der Waals surface area contributed by atoms with Crippen molar-refractivity contribution in [1.29, 1.82) is 0 Å². The molecule has 0 aliphatic carbocycles. The van der Waals surface area contributed by atoms with E-state index in [1.165, 1.54) is 0 Å². The standard InChI is InChI=1S/C14H13F2NO/c15-11-9-14(12(16)8-13(11)17)18-7-6-10-4-2-1-3-5-10/h1-5,8-9H,6-7,17H2. The summed E-state index contributed by atoms with van der Waals surface area (Å²) in [6.45, 7) is 0.282. The Labute approximate surface area is 104 Å². The summed E-state index contributed by atoms with van der Waals surface area (Å²) in [7, 11) is 0. The minimum absolute atomic E-state index is 0.113. The van der Waals surface area contributed by atoms with Gasteiger partial charge in [-0.15, -0.1) is 0 Å². The molecule has 2 rings (SSSR count). The van der Waals surface area contributed by atoms with Crippen molar-refractivity contribution in [2.75, 3.05) is 12.3 Å². The summed E-state index contributed by atoms with van der Waals surface area (Å²) in [6, 6.07) is 11.5. The molecule has 0 saturated heterocycles. The Morgan fingerprint density at radius 3 is 2.44 bits per heavy atom. The van der Waals surface area contributed by atoms with Gasteiger partial charge in [0.25, 0.3) is 0 Å². The summed E-state index contributed by atoms with van der Waals surface area (Å²) >= 11 is 0. The van der Waals surface area contributed by atoms with Crippen LogP contribution < -0.4 is 10.5 Å². The van der Waals surface area contributed by atoms with E-state index >= 15 is 0 Å². The SMILES string of the molecule is Nc1cc(F)c(OCCc2ccccc2)cc1F. The van der Waals surface area contributed by atoms with E-state index in [0.717, 1.165) is 17.7 Å². The van der Waals surface area contributed by atoms with Gasteiger partial charge in [-0.25, -0.2) is 8.78 Å². The van der Waals surface area contributed by atoms with Gasteiger partial charge in [0.05, 0.1) is 12.3 Å². The zero-order valence-corrected chi connectivity index (χ0v) is 9.70. The van der Waals surface area contributed by atoms with Crippen LogP contribution in [0.3, 0.4) is 0 Å². The lowest BCUT2D eigenvalue weighted by molar-refractivity contribution is 0.303. The molecule has 0 bridgehead atoms. The number of benzene rings is 2. The predicted molar refractivity (Wildman–Crippen MR) is 66.4 cm³/mol. The third-order valence-electron chi connectivity index (χ3n) is 2.54. The number of nitrogens with two attached hydrogens (primary N) is 1. The first-order chi connectivity index (χ1) is 8.66. The van der Waals surface area contributed by atoms with E-state index in [9.17, 15) is 8.78 Å². The highest BCUT2D eigenvalue weighted by Crippen LogP contribution is 2.23. The molecule has 0 unspecified atom stereocenters. The average Bonchev–Trinajstić information content (AvgIpc) is 2.37. The van der Waals surface area contributed by atoms with Crippen LogP contribution in [-0.4, -0.2) is 6.61 Å². The zero-order chi connectivity index (χ0) is 13.0. The van der Waals surface area contributed by atoms with Crippen LogP contribution in [0.15, 0.2) is 42.5 Å². The van der Waals surface area contributed by atoms with Crippen molar-refractivity contribution < 1.29 is 13.5 Å². The molecule has 18 heavy (non-hydrogen) atoms. The van der Waals surface area contributed by atoms with E-state index in [1.54, 1.807) is 0 Å². The van der Waals surface area contributed by atoms with Gasteiger partial charge in [0, 0.05) is 18.6 Å². The largest absolute Gasteiger partial charge is 0.490 e. The minimum Gasteiger partial charge on any atom is -0.490 e. The van der Waals surface area contributed by atoms with Crippen molar-refractivity contribution in [2.24, 2.45) is 0 Å². The number of rotatable bonds is 4. The highest BCUT2D eigenvalue weighted by Gasteiger charge is 2.08. The first-order valence-electron chi connectivity index (χ1n) is 5.58. The maximum atomic E-state index is 13.4. The molecule has 94 valence electrons. The molecule has 0 heterocycles. The Morgan fingerprint density at radius 1 is 1.00 bits per heavy atom. The van der Waals surface area contributed by atoms with Crippen LogP contribution in [0.1, 0.15) is 5.56 Å². The third-order valence-corrected chi connectivity index (χ3v) is 2.54. The summed E-state index contributed by atoms with van der Waals surface area (Å²) in [6.07, 6.45) is 0.631. The quantitative estimate of drug-likeness (QED) is 0.845. The second-order valence-corrected chi connectivity index (χ2v) is 3.89. The van der Waals surface area contributed by atoms with Gasteiger partial charge < -0.3 is 10.5 Å². The second-order valence-electron chi connectivity index (χ2n) is 3.89. The molecular weight excluding hydrogens is 236 g/mol. The maximum absolute atomic E-state index is 13.4. The van der Waals surface area contributed by atoms with E-state index in [2.05, 4.69) is 0 Å². The number of hydrogen-bond donors (Lipinski definition) is 1. The monoisotopic (exact) mass is 249 g/mol. The Bertz CT molecular complexity index is 529. The Morgan fingerprint density at radius 2 is 1.72 bits per heavy atom. The van der Waals surface area contributed by atoms with E-state index < -0.39 is 11.6 Å². The average molecular weight is 249 g/mol. The van der Waals surface area contributed by atoms with Crippen molar-refractivity contribution in [1.82, 2.24) is 0 Å². The fraction of sp³-hybridized carbons (Fsp3) is 0.143. The van der Waals surface area contributed by atoms with Crippen LogP contribution in [0, 0.1) is 11.6 Å². The molecule has 0 amide bonds. The molecule has 0 aromatic heterocycles. The summed E-state index contributed by atoms with van der Waals surface area (Å²) in [5, 5.41) is 0. The van der Waals surface area contributed by atoms with Crippen molar-refractivity contribution in [3.63, 3.8) is 0 Å². The van der Waals surface area contributed by atoms with Crippen molar-refractivity contribution in [3.05, 3.63) is 59.7 Å². The molecule has 0 saturated carbocycles. The number of hydrogen-bond acceptors (Lipinski definition) is 2. The number of halogens is 2. The van der Waals surface area contributed by atoms with Gasteiger partial charge in [-0.3, -0.25) is 0 Å². The van der Waals surface area contributed by atoms with Gasteiger partial charge in [-0.1, -0.05) is 30.3 Å². The topological polar surface area (TPSA) is 35.2 Å². The lowest BCUT2D eigenvalue weighted by Crippen LogP contribution is -2.04. The Balaban J connectivity index is 1.97. The number of anilines is 1. The highest BCUT2D eigenvalue weighted by atomic mass is 19.1. The lowest BCUT2D eigenvalue weighted by Gasteiger charge is -2.08. The maximum Gasteiger partial charge on any atom is 0.167 e. The van der Waals surface area contributed by atoms with Gasteiger partial charge in [-0.05, 0) is 5.56 Å². The van der Waals surface area contributed by atoms with Crippen LogP contribution in [0.4, 0.5) is 14.5 Å². The summed E-state index contributed by atoms with van der Waals surface area (Å²) in [5.74, 6) is -1.44. The van der Waals surface area contributed by atoms with Gasteiger partial charge >= 0.3 is 0 Å². The van der Waals surface area contributed by atoms with E-state index in [4.69, 9.17) is 10.5 Å². The van der Waals surface area contributed by atoms with Gasteiger partial charge in [0.1, 0.15) is 5.82 Å². The molecule has 2 aromatic rings. The van der Waals surface area contributed by atoms with E-state index in [-0.39, 0.29) is 18.0 Å². The molecule has 0 aliphatic rings. The smallest absolute Gasteiger partial charge is 0.167 e. The minimum atomic E-state index is -0.675. The normalized spacial score (nSPS) is 10.3. The van der Waals surface area contributed by atoms with Crippen molar-refractivity contribution in [2.45, 2.75) is 6.42 Å². The molecule has 4 heteroatoms. The molecule has 0 atom stereocenters. The van der Waals surface area contributed by atoms with E-state index in [1.807, 2.05) is 30.3 Å². The van der Waals surface area contributed by atoms with Crippen molar-refractivity contribution in [3.8, 4) is 5.75 Å². The first kappa shape index (κ1) is 12.4. The molecule has 2 aromatic carbocycles. The van der Waals surface area contributed by atoms with Gasteiger partial charge in [-0.2, -0.15) is 0 Å². The molecule has 2 N–H and O–H groups in total. The third kappa shape index (κ3) is 2.97.